The normalized spacial score (nSPS) is 10.6. The summed E-state index contributed by atoms with van der Waals surface area (Å²) in [6, 6.07) is 8.68. The lowest BCUT2D eigenvalue weighted by atomic mass is 10.3. The van der Waals surface area contributed by atoms with Crippen LogP contribution in [0, 0.1) is 0 Å². The van der Waals surface area contributed by atoms with E-state index in [1.54, 1.807) is 12.1 Å². The summed E-state index contributed by atoms with van der Waals surface area (Å²) in [5.74, 6) is -0.225. The fraction of sp³-hybridized carbons (Fsp3) is 0.278. The molecule has 1 amide bonds. The molecule has 0 atom stereocenters. The second-order valence-corrected chi connectivity index (χ2v) is 6.53. The van der Waals surface area contributed by atoms with Gasteiger partial charge in [0.25, 0.3) is 11.8 Å². The lowest BCUT2D eigenvalue weighted by Crippen LogP contribution is -2.35. The topological polar surface area (TPSA) is 98.4 Å². The van der Waals surface area contributed by atoms with Crippen molar-refractivity contribution in [1.29, 1.82) is 0 Å². The molecule has 27 heavy (non-hydrogen) atoms. The maximum absolute atomic E-state index is 12.4. The van der Waals surface area contributed by atoms with E-state index in [2.05, 4.69) is 15.2 Å². The van der Waals surface area contributed by atoms with Crippen LogP contribution >= 0.6 is 11.3 Å². The van der Waals surface area contributed by atoms with Crippen LogP contribution in [0.2, 0.25) is 0 Å². The first kappa shape index (κ1) is 18.7. The maximum atomic E-state index is 12.4. The van der Waals surface area contributed by atoms with Gasteiger partial charge in [0.15, 0.2) is 6.61 Å². The van der Waals surface area contributed by atoms with Crippen LogP contribution < -0.4 is 0 Å². The lowest BCUT2D eigenvalue weighted by molar-refractivity contribution is -0.135. The largest absolute Gasteiger partial charge is 0.451 e. The number of hydrogen-bond acceptors (Lipinski definition) is 8. The Balaban J connectivity index is 1.59. The van der Waals surface area contributed by atoms with Crippen molar-refractivity contribution in [2.24, 2.45) is 0 Å². The van der Waals surface area contributed by atoms with Crippen molar-refractivity contribution in [2.75, 3.05) is 13.2 Å². The molecule has 0 radical (unpaired) electrons. The Kier molecular flexibility index (Phi) is 6.26. The minimum atomic E-state index is -0.641. The predicted molar refractivity (Wildman–Crippen MR) is 97.8 cm³/mol. The van der Waals surface area contributed by atoms with Crippen LogP contribution in [0.25, 0.3) is 10.8 Å². The van der Waals surface area contributed by atoms with Crippen molar-refractivity contribution in [1.82, 2.24) is 20.1 Å². The second-order valence-electron chi connectivity index (χ2n) is 5.58. The van der Waals surface area contributed by atoms with Crippen molar-refractivity contribution >= 4 is 23.2 Å². The molecule has 0 fully saturated rings. The van der Waals surface area contributed by atoms with E-state index in [-0.39, 0.29) is 24.8 Å². The van der Waals surface area contributed by atoms with E-state index in [0.717, 1.165) is 11.3 Å². The summed E-state index contributed by atoms with van der Waals surface area (Å²) in [7, 11) is 0. The molecule has 8 nitrogen and oxygen atoms in total. The number of ether oxygens (including phenoxy) is 1. The molecule has 3 aromatic rings. The van der Waals surface area contributed by atoms with E-state index in [9.17, 15) is 9.59 Å². The summed E-state index contributed by atoms with van der Waals surface area (Å²) in [5, 5.41) is 9.92. The van der Waals surface area contributed by atoms with E-state index in [1.165, 1.54) is 28.5 Å². The van der Waals surface area contributed by atoms with Crippen LogP contribution in [-0.2, 0) is 16.1 Å². The number of carbonyl (C=O) groups is 2. The van der Waals surface area contributed by atoms with Gasteiger partial charge in [-0.1, -0.05) is 19.1 Å². The van der Waals surface area contributed by atoms with Crippen molar-refractivity contribution in [3.8, 4) is 10.8 Å². The number of carbonyl (C=O) groups excluding carboxylic acids is 2. The van der Waals surface area contributed by atoms with Gasteiger partial charge in [-0.2, -0.15) is 0 Å². The number of esters is 1. The maximum Gasteiger partial charge on any atom is 0.357 e. The third-order valence-corrected chi connectivity index (χ3v) is 4.43. The smallest absolute Gasteiger partial charge is 0.357 e. The number of thiophene rings is 1. The van der Waals surface area contributed by atoms with Gasteiger partial charge in [-0.3, -0.25) is 4.79 Å². The number of nitrogens with zero attached hydrogens (tertiary/aromatic N) is 4. The summed E-state index contributed by atoms with van der Waals surface area (Å²) >= 11 is 1.49. The molecule has 3 rings (SSSR count). The summed E-state index contributed by atoms with van der Waals surface area (Å²) in [6.07, 6.45) is 2.23. The summed E-state index contributed by atoms with van der Waals surface area (Å²) in [5.41, 5.74) is 0.157. The Labute approximate surface area is 159 Å². The Morgan fingerprint density at radius 3 is 2.81 bits per heavy atom. The quantitative estimate of drug-likeness (QED) is 0.549. The highest BCUT2D eigenvalue weighted by Gasteiger charge is 2.19. The number of pyridine rings is 1. The summed E-state index contributed by atoms with van der Waals surface area (Å²) in [6.45, 7) is 2.22. The lowest BCUT2D eigenvalue weighted by Gasteiger charge is -2.20. The first-order chi connectivity index (χ1) is 13.2. The summed E-state index contributed by atoms with van der Waals surface area (Å²) < 4.78 is 10.7. The van der Waals surface area contributed by atoms with Crippen LogP contribution in [0.1, 0.15) is 29.7 Å². The van der Waals surface area contributed by atoms with Crippen molar-refractivity contribution in [3.63, 3.8) is 0 Å². The standard InChI is InChI=1S/C18H18N4O4S/c1-2-9-22(11-15-20-21-17(26-15)14-7-5-10-27-14)16(23)12-25-18(24)13-6-3-4-8-19-13/h3-8,10H,2,9,11-12H2,1H3. The van der Waals surface area contributed by atoms with Crippen LogP contribution in [0.5, 0.6) is 0 Å². The summed E-state index contributed by atoms with van der Waals surface area (Å²) in [4.78, 5) is 30.7. The first-order valence-electron chi connectivity index (χ1n) is 8.39. The molecule has 0 aliphatic carbocycles. The van der Waals surface area contributed by atoms with Crippen molar-refractivity contribution in [2.45, 2.75) is 19.9 Å². The Bertz CT molecular complexity index is 880. The zero-order valence-corrected chi connectivity index (χ0v) is 15.5. The molecule has 0 saturated heterocycles. The van der Waals surface area contributed by atoms with Crippen LogP contribution in [0.15, 0.2) is 46.3 Å². The van der Waals surface area contributed by atoms with E-state index in [0.29, 0.717) is 18.3 Å². The molecular formula is C18H18N4O4S. The van der Waals surface area contributed by atoms with E-state index in [4.69, 9.17) is 9.15 Å². The third-order valence-electron chi connectivity index (χ3n) is 3.57. The first-order valence-corrected chi connectivity index (χ1v) is 9.27. The molecule has 9 heteroatoms. The number of amides is 1. The van der Waals surface area contributed by atoms with Gasteiger partial charge < -0.3 is 14.1 Å². The van der Waals surface area contributed by atoms with Crippen LogP contribution in [0.3, 0.4) is 0 Å². The Morgan fingerprint density at radius 2 is 2.11 bits per heavy atom. The van der Waals surface area contributed by atoms with E-state index in [1.807, 2.05) is 24.4 Å². The minimum absolute atomic E-state index is 0.157. The average molecular weight is 386 g/mol. The highest BCUT2D eigenvalue weighted by atomic mass is 32.1. The molecule has 0 bridgehead atoms. The van der Waals surface area contributed by atoms with Gasteiger partial charge in [-0.05, 0) is 30.0 Å². The van der Waals surface area contributed by atoms with Crippen molar-refractivity contribution in [3.05, 3.63) is 53.5 Å². The fourth-order valence-electron chi connectivity index (χ4n) is 2.32. The van der Waals surface area contributed by atoms with Gasteiger partial charge in [-0.15, -0.1) is 21.5 Å². The number of hydrogen-bond donors (Lipinski definition) is 0. The molecule has 0 unspecified atom stereocenters. The molecule has 0 N–H and O–H groups in total. The molecule has 0 saturated carbocycles. The molecule has 140 valence electrons. The van der Waals surface area contributed by atoms with Crippen LogP contribution in [0.4, 0.5) is 0 Å². The Hall–Kier alpha value is -3.07. The van der Waals surface area contributed by atoms with Gasteiger partial charge in [0.1, 0.15) is 5.69 Å². The number of rotatable bonds is 8. The molecule has 0 aliphatic heterocycles. The SMILES string of the molecule is CCCN(Cc1nnc(-c2cccs2)o1)C(=O)COC(=O)c1ccccn1. The third kappa shape index (κ3) is 4.98. The van der Waals surface area contributed by atoms with Gasteiger partial charge in [-0.25, -0.2) is 9.78 Å². The monoisotopic (exact) mass is 386 g/mol. The van der Waals surface area contributed by atoms with E-state index >= 15 is 0 Å². The molecule has 0 spiro atoms. The highest BCUT2D eigenvalue weighted by Crippen LogP contribution is 2.23. The fourth-order valence-corrected chi connectivity index (χ4v) is 2.96. The zero-order valence-electron chi connectivity index (χ0n) is 14.7. The predicted octanol–water partition coefficient (Wildman–Crippen LogP) is 2.79. The van der Waals surface area contributed by atoms with Crippen molar-refractivity contribution < 1.29 is 18.7 Å². The highest BCUT2D eigenvalue weighted by molar-refractivity contribution is 7.13. The van der Waals surface area contributed by atoms with Gasteiger partial charge in [0, 0.05) is 12.7 Å². The van der Waals surface area contributed by atoms with Gasteiger partial charge in [0.2, 0.25) is 5.89 Å². The molecular weight excluding hydrogens is 368 g/mol. The second kappa shape index (κ2) is 9.04. The molecule has 3 heterocycles. The molecule has 0 aromatic carbocycles. The van der Waals surface area contributed by atoms with Crippen LogP contribution in [-0.4, -0.2) is 45.1 Å². The van der Waals surface area contributed by atoms with E-state index < -0.39 is 5.97 Å². The minimum Gasteiger partial charge on any atom is -0.451 e. The zero-order chi connectivity index (χ0) is 19.1. The van der Waals surface area contributed by atoms with Gasteiger partial charge >= 0.3 is 5.97 Å². The average Bonchev–Trinajstić information content (AvgIpc) is 3.38. The van der Waals surface area contributed by atoms with Gasteiger partial charge in [0.05, 0.1) is 11.4 Å². The molecule has 3 aromatic heterocycles. The number of aromatic nitrogens is 3. The molecule has 0 aliphatic rings. The Morgan fingerprint density at radius 1 is 1.22 bits per heavy atom.